The summed E-state index contributed by atoms with van der Waals surface area (Å²) in [5.41, 5.74) is -2.22. The first-order valence-corrected chi connectivity index (χ1v) is 23.9. The van der Waals surface area contributed by atoms with Gasteiger partial charge in [0.2, 0.25) is 0 Å². The summed E-state index contributed by atoms with van der Waals surface area (Å²) in [5, 5.41) is 121. The number of aliphatic hydroxyl groups is 6. The van der Waals surface area contributed by atoms with Gasteiger partial charge in [-0.1, -0.05) is 41.5 Å². The van der Waals surface area contributed by atoms with E-state index in [2.05, 4.69) is 18.2 Å². The molecule has 0 amide bonds. The van der Waals surface area contributed by atoms with Gasteiger partial charge in [0, 0.05) is 56.4 Å². The van der Waals surface area contributed by atoms with Crippen molar-refractivity contribution in [2.24, 2.45) is 22.2 Å². The lowest BCUT2D eigenvalue weighted by Crippen LogP contribution is -2.36. The van der Waals surface area contributed by atoms with Gasteiger partial charge in [-0.05, 0) is 71.5 Å². The molecule has 21 nitrogen and oxygen atoms in total. The number of esters is 3. The van der Waals surface area contributed by atoms with Crippen LogP contribution in [0.4, 0.5) is 0 Å². The highest BCUT2D eigenvalue weighted by Crippen LogP contribution is 2.46. The summed E-state index contributed by atoms with van der Waals surface area (Å²) in [7, 11) is 0. The molecule has 0 fully saturated rings. The maximum absolute atomic E-state index is 14.0. The Morgan fingerprint density at radius 1 is 0.438 bits per heavy atom. The second kappa shape index (κ2) is 27.7. The SMILES string of the molecule is CC1(C)CC(N(CCO)CCO)=C(C#N)/C(=C(\C#N)C(=O)OCC(COC(=O)/C(C#N)=C2\CC(C)(C)CC(N(CCO)CCO)=C2C#N)COC(=O)/C(C#N)=C2\CC(C)(C)CC(N(CCO)CCO)=C2C#N)C1. The van der Waals surface area contributed by atoms with Crippen molar-refractivity contribution in [2.45, 2.75) is 80.1 Å². The molecule has 73 heavy (non-hydrogen) atoms. The molecular formula is C52H67N9O12. The summed E-state index contributed by atoms with van der Waals surface area (Å²) in [6.07, 6.45) is 1.12. The molecule has 0 aliphatic heterocycles. The van der Waals surface area contributed by atoms with E-state index < -0.39 is 76.6 Å². The first-order chi connectivity index (χ1) is 34.6. The predicted molar refractivity (Wildman–Crippen MR) is 258 cm³/mol. The number of nitrogens with zero attached hydrogens (tertiary/aromatic N) is 9. The van der Waals surface area contributed by atoms with Gasteiger partial charge in [0.1, 0.15) is 73.0 Å². The first-order valence-electron chi connectivity index (χ1n) is 23.9. The Kier molecular flexibility index (Phi) is 22.9. The Morgan fingerprint density at radius 3 is 0.836 bits per heavy atom. The number of nitriles is 6. The number of carbonyl (C=O) groups excluding carboxylic acids is 3. The third kappa shape index (κ3) is 15.7. The molecule has 0 saturated carbocycles. The van der Waals surface area contributed by atoms with E-state index in [1.807, 2.05) is 59.8 Å². The molecule has 392 valence electrons. The highest BCUT2D eigenvalue weighted by Gasteiger charge is 2.40. The van der Waals surface area contributed by atoms with Gasteiger partial charge in [-0.25, -0.2) is 14.4 Å². The van der Waals surface area contributed by atoms with Crippen LogP contribution in [0.3, 0.4) is 0 Å². The number of allylic oxidation sites excluding steroid dienone is 9. The number of rotatable bonds is 24. The van der Waals surface area contributed by atoms with Crippen LogP contribution in [0.5, 0.6) is 0 Å². The molecule has 0 aromatic heterocycles. The summed E-state index contributed by atoms with van der Waals surface area (Å²) in [5.74, 6) is -4.87. The Morgan fingerprint density at radius 2 is 0.658 bits per heavy atom. The van der Waals surface area contributed by atoms with Crippen LogP contribution in [-0.4, -0.2) is 162 Å². The summed E-state index contributed by atoms with van der Waals surface area (Å²) >= 11 is 0. The van der Waals surface area contributed by atoms with Gasteiger partial charge >= 0.3 is 17.9 Å². The zero-order valence-corrected chi connectivity index (χ0v) is 42.6. The minimum atomic E-state index is -1.27. The van der Waals surface area contributed by atoms with E-state index in [0.717, 1.165) is 0 Å². The van der Waals surface area contributed by atoms with E-state index in [4.69, 9.17) is 14.2 Å². The number of aliphatic hydroxyl groups excluding tert-OH is 6. The van der Waals surface area contributed by atoms with Gasteiger partial charge in [0.05, 0.1) is 62.3 Å². The fraction of sp³-hybridized carbons (Fsp3) is 0.596. The van der Waals surface area contributed by atoms with Crippen LogP contribution in [0, 0.1) is 90.1 Å². The minimum Gasteiger partial charge on any atom is -0.461 e. The Bertz CT molecular complexity index is 2250. The topological polar surface area (TPSA) is 353 Å². The van der Waals surface area contributed by atoms with Gasteiger partial charge in [-0.15, -0.1) is 0 Å². The highest BCUT2D eigenvalue weighted by atomic mass is 16.6. The Balaban J connectivity index is 2.18. The van der Waals surface area contributed by atoms with Crippen LogP contribution in [0.15, 0.2) is 67.2 Å². The van der Waals surface area contributed by atoms with Crippen LogP contribution >= 0.6 is 0 Å². The molecule has 0 spiro atoms. The largest absolute Gasteiger partial charge is 0.461 e. The molecule has 0 unspecified atom stereocenters. The average Bonchev–Trinajstić information content (AvgIpc) is 3.33. The summed E-state index contributed by atoms with van der Waals surface area (Å²) in [6, 6.07) is 11.8. The van der Waals surface area contributed by atoms with Gasteiger partial charge in [0.15, 0.2) is 0 Å². The molecular weight excluding hydrogens is 943 g/mol. The fourth-order valence-electron chi connectivity index (χ4n) is 9.40. The lowest BCUT2D eigenvalue weighted by molar-refractivity contribution is -0.148. The van der Waals surface area contributed by atoms with E-state index in [-0.39, 0.29) is 132 Å². The van der Waals surface area contributed by atoms with Crippen molar-refractivity contribution < 1.29 is 59.2 Å². The molecule has 0 atom stereocenters. The summed E-state index contributed by atoms with van der Waals surface area (Å²) < 4.78 is 17.0. The van der Waals surface area contributed by atoms with Crippen molar-refractivity contribution in [1.29, 1.82) is 31.6 Å². The molecule has 0 aromatic rings. The number of carbonyl (C=O) groups is 3. The molecule has 3 aliphatic carbocycles. The van der Waals surface area contributed by atoms with Crippen LogP contribution < -0.4 is 0 Å². The molecule has 0 aromatic carbocycles. The smallest absolute Gasteiger partial charge is 0.349 e. The highest BCUT2D eigenvalue weighted by molar-refractivity contribution is 5.96. The van der Waals surface area contributed by atoms with Crippen molar-refractivity contribution in [3.8, 4) is 36.4 Å². The van der Waals surface area contributed by atoms with Crippen molar-refractivity contribution in [1.82, 2.24) is 14.7 Å². The average molecular weight is 1010 g/mol. The monoisotopic (exact) mass is 1010 g/mol. The minimum absolute atomic E-state index is 0.0189. The molecule has 3 rings (SSSR count). The fourth-order valence-corrected chi connectivity index (χ4v) is 9.40. The molecule has 0 radical (unpaired) electrons. The zero-order valence-electron chi connectivity index (χ0n) is 42.6. The van der Waals surface area contributed by atoms with Crippen LogP contribution in [0.2, 0.25) is 0 Å². The molecule has 6 N–H and O–H groups in total. The van der Waals surface area contributed by atoms with E-state index in [1.54, 1.807) is 14.7 Å². The lowest BCUT2D eigenvalue weighted by Gasteiger charge is -2.38. The normalized spacial score (nSPS) is 18.9. The number of ether oxygens (including phenoxy) is 3. The number of hydrogen-bond donors (Lipinski definition) is 6. The van der Waals surface area contributed by atoms with E-state index in [1.165, 1.54) is 0 Å². The molecule has 3 aliphatic rings. The lowest BCUT2D eigenvalue weighted by atomic mass is 9.72. The maximum atomic E-state index is 14.0. The Labute approximate surface area is 426 Å². The van der Waals surface area contributed by atoms with Crippen molar-refractivity contribution in [3.05, 3.63) is 67.2 Å². The Hall–Kier alpha value is -7.05. The van der Waals surface area contributed by atoms with Crippen LogP contribution in [0.25, 0.3) is 0 Å². The van der Waals surface area contributed by atoms with E-state index in [0.29, 0.717) is 36.4 Å². The molecule has 21 heteroatoms. The molecule has 0 heterocycles. The van der Waals surface area contributed by atoms with Crippen LogP contribution in [0.1, 0.15) is 80.1 Å². The third-order valence-corrected chi connectivity index (χ3v) is 12.6. The van der Waals surface area contributed by atoms with Gasteiger partial charge in [0.25, 0.3) is 0 Å². The standard InChI is InChI=1S/C52H67N9O12/c1-50(2)19-35(38(25-53)44(22-50)59(7-13-62)8-14-63)41(28-56)47(68)71-31-34(32-72-48(69)42(29-57)36-20-51(3,4)23-45(39(36)26-54)60(9-15-64)10-16-65)33-73-49(70)43(30-58)37-21-52(5,6)24-46(40(37)27-55)61(11-17-66)12-18-67/h34,62-67H,7-24,31-33H2,1-6H3/b41-35+,42-36+,43-37+. The van der Waals surface area contributed by atoms with Crippen molar-refractivity contribution in [3.63, 3.8) is 0 Å². The zero-order chi connectivity index (χ0) is 54.7. The number of hydrogen-bond acceptors (Lipinski definition) is 21. The predicted octanol–water partition coefficient (Wildman–Crippen LogP) is 2.35. The van der Waals surface area contributed by atoms with Gasteiger partial charge < -0.3 is 59.5 Å². The van der Waals surface area contributed by atoms with E-state index >= 15 is 0 Å². The van der Waals surface area contributed by atoms with Crippen molar-refractivity contribution >= 4 is 17.9 Å². The summed E-state index contributed by atoms with van der Waals surface area (Å²) in [4.78, 5) is 46.8. The third-order valence-electron chi connectivity index (χ3n) is 12.6. The molecule has 0 saturated heterocycles. The summed E-state index contributed by atoms with van der Waals surface area (Å²) in [6.45, 7) is 7.28. The first kappa shape index (κ1) is 60.3. The second-order valence-electron chi connectivity index (χ2n) is 20.2. The second-order valence-corrected chi connectivity index (χ2v) is 20.2. The van der Waals surface area contributed by atoms with Gasteiger partial charge in [-0.2, -0.15) is 31.6 Å². The van der Waals surface area contributed by atoms with Gasteiger partial charge in [-0.3, -0.25) is 0 Å². The maximum Gasteiger partial charge on any atom is 0.349 e. The van der Waals surface area contributed by atoms with Crippen LogP contribution in [-0.2, 0) is 28.6 Å². The van der Waals surface area contributed by atoms with Crippen molar-refractivity contribution in [2.75, 3.05) is 98.7 Å². The molecule has 0 bridgehead atoms. The quantitative estimate of drug-likeness (QED) is 0.0350. The van der Waals surface area contributed by atoms with E-state index in [9.17, 15) is 76.6 Å².